The standard InChI is InChI=1S/C26H22O4.C2H6/c1-14-7-6-8-17(13-27)20(14)12-21-23(16(3)28)15(2)11-22-24(21)26(30)19-10-5-4-9-18(19)25(22)29;1-2/h4-11,27H,12-13H2,1-3H3;1-2H3. The number of Topliss-reactive ketones (excluding diaryl/α,β-unsaturated/α-hetero) is 1. The Kier molecular flexibility index (Phi) is 6.85. The van der Waals surface area contributed by atoms with E-state index in [1.54, 1.807) is 37.3 Å². The molecule has 3 aromatic rings. The molecule has 0 bridgehead atoms. The van der Waals surface area contributed by atoms with E-state index in [-0.39, 0.29) is 24.0 Å². The number of benzene rings is 3. The molecule has 0 saturated heterocycles. The molecule has 164 valence electrons. The van der Waals surface area contributed by atoms with Crippen molar-refractivity contribution in [3.05, 3.63) is 104 Å². The molecule has 1 N–H and O–H groups in total. The van der Waals surface area contributed by atoms with Gasteiger partial charge < -0.3 is 5.11 Å². The average Bonchev–Trinajstić information content (AvgIpc) is 2.79. The van der Waals surface area contributed by atoms with Crippen LogP contribution >= 0.6 is 0 Å². The van der Waals surface area contributed by atoms with Crippen molar-refractivity contribution in [2.75, 3.05) is 0 Å². The minimum Gasteiger partial charge on any atom is -0.392 e. The summed E-state index contributed by atoms with van der Waals surface area (Å²) in [5.74, 6) is -0.591. The van der Waals surface area contributed by atoms with Crippen molar-refractivity contribution >= 4 is 17.3 Å². The van der Waals surface area contributed by atoms with Gasteiger partial charge in [0.2, 0.25) is 0 Å². The quantitative estimate of drug-likeness (QED) is 0.442. The summed E-state index contributed by atoms with van der Waals surface area (Å²) in [6, 6.07) is 14.1. The van der Waals surface area contributed by atoms with Gasteiger partial charge in [-0.25, -0.2) is 0 Å². The molecule has 0 heterocycles. The molecule has 4 rings (SSSR count). The Labute approximate surface area is 188 Å². The fourth-order valence-electron chi connectivity index (χ4n) is 4.49. The van der Waals surface area contributed by atoms with Crippen molar-refractivity contribution in [2.45, 2.75) is 47.6 Å². The van der Waals surface area contributed by atoms with Crippen molar-refractivity contribution in [2.24, 2.45) is 0 Å². The van der Waals surface area contributed by atoms with Crippen LogP contribution in [0.3, 0.4) is 0 Å². The maximum atomic E-state index is 13.5. The molecule has 0 fully saturated rings. The Morgan fingerprint density at radius 1 is 0.812 bits per heavy atom. The Morgan fingerprint density at radius 2 is 1.44 bits per heavy atom. The van der Waals surface area contributed by atoms with Gasteiger partial charge in [0.15, 0.2) is 17.3 Å². The van der Waals surface area contributed by atoms with E-state index in [4.69, 9.17) is 0 Å². The fraction of sp³-hybridized carbons (Fsp3) is 0.250. The first kappa shape index (κ1) is 23.3. The number of aliphatic hydroxyl groups is 1. The second-order valence-electron chi connectivity index (χ2n) is 7.78. The highest BCUT2D eigenvalue weighted by atomic mass is 16.3. The predicted octanol–water partition coefficient (Wildman–Crippen LogP) is 5.39. The molecule has 0 spiro atoms. The van der Waals surface area contributed by atoms with Gasteiger partial charge in [-0.05, 0) is 61.1 Å². The first-order chi connectivity index (χ1) is 15.3. The summed E-state index contributed by atoms with van der Waals surface area (Å²) < 4.78 is 0. The molecular formula is C28H28O4. The molecule has 0 atom stereocenters. The molecule has 0 aromatic heterocycles. The highest BCUT2D eigenvalue weighted by Gasteiger charge is 2.34. The van der Waals surface area contributed by atoms with E-state index in [2.05, 4.69) is 0 Å². The Hall–Kier alpha value is -3.37. The van der Waals surface area contributed by atoms with Gasteiger partial charge in [0, 0.05) is 27.8 Å². The third-order valence-electron chi connectivity index (χ3n) is 5.90. The van der Waals surface area contributed by atoms with Crippen molar-refractivity contribution in [3.8, 4) is 0 Å². The van der Waals surface area contributed by atoms with Crippen molar-refractivity contribution in [1.29, 1.82) is 0 Å². The van der Waals surface area contributed by atoms with Gasteiger partial charge in [0.25, 0.3) is 0 Å². The highest BCUT2D eigenvalue weighted by molar-refractivity contribution is 6.29. The summed E-state index contributed by atoms with van der Waals surface area (Å²) in [5.41, 5.74) is 5.69. The molecule has 1 aliphatic carbocycles. The number of ketones is 3. The van der Waals surface area contributed by atoms with E-state index in [0.717, 1.165) is 16.7 Å². The smallest absolute Gasteiger partial charge is 0.194 e. The normalized spacial score (nSPS) is 11.9. The molecule has 0 aliphatic heterocycles. The maximum Gasteiger partial charge on any atom is 0.194 e. The minimum atomic E-state index is -0.239. The largest absolute Gasteiger partial charge is 0.392 e. The van der Waals surface area contributed by atoms with Crippen LogP contribution in [0.4, 0.5) is 0 Å². The van der Waals surface area contributed by atoms with Gasteiger partial charge in [0.1, 0.15) is 0 Å². The lowest BCUT2D eigenvalue weighted by Crippen LogP contribution is -2.25. The SMILES string of the molecule is CC.CC(=O)c1c(C)cc2c(c1Cc1c(C)cccc1CO)C(=O)c1ccccc1C2=O. The van der Waals surface area contributed by atoms with Gasteiger partial charge in [-0.1, -0.05) is 56.3 Å². The molecule has 0 saturated carbocycles. The summed E-state index contributed by atoms with van der Waals surface area (Å²) in [6.07, 6.45) is 0.294. The lowest BCUT2D eigenvalue weighted by Gasteiger charge is -2.24. The molecule has 32 heavy (non-hydrogen) atoms. The van der Waals surface area contributed by atoms with Crippen LogP contribution < -0.4 is 0 Å². The van der Waals surface area contributed by atoms with Crippen LogP contribution in [-0.4, -0.2) is 22.5 Å². The first-order valence-electron chi connectivity index (χ1n) is 10.9. The van der Waals surface area contributed by atoms with Crippen LogP contribution in [0.5, 0.6) is 0 Å². The summed E-state index contributed by atoms with van der Waals surface area (Å²) in [6.45, 7) is 9.07. The maximum absolute atomic E-state index is 13.5. The van der Waals surface area contributed by atoms with Crippen LogP contribution in [0.2, 0.25) is 0 Å². The Morgan fingerprint density at radius 3 is 2.03 bits per heavy atom. The minimum absolute atomic E-state index is 0.143. The summed E-state index contributed by atoms with van der Waals surface area (Å²) in [4.78, 5) is 39.3. The van der Waals surface area contributed by atoms with Crippen molar-refractivity contribution < 1.29 is 19.5 Å². The average molecular weight is 429 g/mol. The zero-order valence-electron chi connectivity index (χ0n) is 19.2. The summed E-state index contributed by atoms with van der Waals surface area (Å²) in [5, 5.41) is 9.83. The second-order valence-corrected chi connectivity index (χ2v) is 7.78. The number of fused-ring (bicyclic) bond motifs is 2. The number of carbonyl (C=O) groups excluding carboxylic acids is 3. The van der Waals surface area contributed by atoms with Crippen molar-refractivity contribution in [1.82, 2.24) is 0 Å². The van der Waals surface area contributed by atoms with E-state index in [1.165, 1.54) is 6.92 Å². The van der Waals surface area contributed by atoms with Gasteiger partial charge in [-0.3, -0.25) is 14.4 Å². The third kappa shape index (κ3) is 3.82. The predicted molar refractivity (Wildman–Crippen MR) is 126 cm³/mol. The third-order valence-corrected chi connectivity index (χ3v) is 5.90. The Bertz CT molecular complexity index is 1230. The number of hydrogen-bond acceptors (Lipinski definition) is 4. The van der Waals surface area contributed by atoms with E-state index >= 15 is 0 Å². The number of carbonyl (C=O) groups is 3. The van der Waals surface area contributed by atoms with Gasteiger partial charge in [-0.15, -0.1) is 0 Å². The van der Waals surface area contributed by atoms with Gasteiger partial charge in [0.05, 0.1) is 6.61 Å². The fourth-order valence-corrected chi connectivity index (χ4v) is 4.49. The molecule has 0 amide bonds. The van der Waals surface area contributed by atoms with Crippen LogP contribution in [-0.2, 0) is 13.0 Å². The zero-order chi connectivity index (χ0) is 23.6. The Balaban J connectivity index is 0.00000141. The second kappa shape index (κ2) is 9.41. The summed E-state index contributed by atoms with van der Waals surface area (Å²) in [7, 11) is 0. The first-order valence-corrected chi connectivity index (χ1v) is 10.9. The molecule has 0 radical (unpaired) electrons. The van der Waals surface area contributed by atoms with E-state index in [9.17, 15) is 19.5 Å². The molecule has 0 unspecified atom stereocenters. The zero-order valence-corrected chi connectivity index (χ0v) is 19.2. The van der Waals surface area contributed by atoms with Crippen LogP contribution in [0.1, 0.15) is 90.8 Å². The van der Waals surface area contributed by atoms with Gasteiger partial charge >= 0.3 is 0 Å². The number of aliphatic hydroxyl groups excluding tert-OH is 1. The summed E-state index contributed by atoms with van der Waals surface area (Å²) >= 11 is 0. The lowest BCUT2D eigenvalue weighted by molar-refractivity contribution is 0.0976. The van der Waals surface area contributed by atoms with E-state index in [0.29, 0.717) is 45.4 Å². The highest BCUT2D eigenvalue weighted by Crippen LogP contribution is 2.35. The number of hydrogen-bond donors (Lipinski definition) is 1. The molecule has 1 aliphatic rings. The molecule has 4 nitrogen and oxygen atoms in total. The number of aryl methyl sites for hydroxylation is 2. The lowest BCUT2D eigenvalue weighted by atomic mass is 9.76. The molecular weight excluding hydrogens is 400 g/mol. The topological polar surface area (TPSA) is 71.4 Å². The van der Waals surface area contributed by atoms with Gasteiger partial charge in [-0.2, -0.15) is 0 Å². The number of rotatable bonds is 4. The van der Waals surface area contributed by atoms with Crippen LogP contribution in [0.15, 0.2) is 48.5 Å². The van der Waals surface area contributed by atoms with E-state index < -0.39 is 0 Å². The van der Waals surface area contributed by atoms with Crippen LogP contribution in [0.25, 0.3) is 0 Å². The molecule has 4 heteroatoms. The molecule has 3 aromatic carbocycles. The van der Waals surface area contributed by atoms with Crippen molar-refractivity contribution in [3.63, 3.8) is 0 Å². The van der Waals surface area contributed by atoms with Crippen LogP contribution in [0, 0.1) is 13.8 Å². The monoisotopic (exact) mass is 428 g/mol. The van der Waals surface area contributed by atoms with E-state index in [1.807, 2.05) is 39.0 Å².